The first-order chi connectivity index (χ1) is 8.49. The molecule has 4 atom stereocenters. The van der Waals surface area contributed by atoms with Crippen LogP contribution in [0.25, 0.3) is 0 Å². The molecule has 2 aliphatic rings. The zero-order valence-electron chi connectivity index (χ0n) is 10.7. The maximum Gasteiger partial charge on any atom is 0.251 e. The first-order valence-electron chi connectivity index (χ1n) is 6.66. The quantitative estimate of drug-likeness (QED) is 0.890. The summed E-state index contributed by atoms with van der Waals surface area (Å²) >= 11 is 0. The molecule has 3 rings (SSSR count). The molecule has 1 aromatic heterocycles. The average Bonchev–Trinajstić information content (AvgIpc) is 2.70. The van der Waals surface area contributed by atoms with Gasteiger partial charge in [-0.2, -0.15) is 0 Å². The van der Waals surface area contributed by atoms with Crippen molar-refractivity contribution in [1.82, 2.24) is 5.32 Å². The van der Waals surface area contributed by atoms with Crippen LogP contribution < -0.4 is 5.32 Å². The van der Waals surface area contributed by atoms with Gasteiger partial charge >= 0.3 is 0 Å². The lowest BCUT2D eigenvalue weighted by molar-refractivity contribution is -0.0212. The van der Waals surface area contributed by atoms with Crippen LogP contribution in [0.5, 0.6) is 0 Å². The molecule has 100 valence electrons. The minimum absolute atomic E-state index is 0.0891. The summed E-state index contributed by atoms with van der Waals surface area (Å²) in [6, 6.07) is 3.96. The molecule has 2 nitrogen and oxygen atoms in total. The van der Waals surface area contributed by atoms with Crippen molar-refractivity contribution in [2.45, 2.75) is 38.7 Å². The summed E-state index contributed by atoms with van der Waals surface area (Å²) in [6.07, 6.45) is 0.782. The lowest BCUT2D eigenvalue weighted by Crippen LogP contribution is -2.25. The van der Waals surface area contributed by atoms with Crippen LogP contribution in [0.4, 0.5) is 8.78 Å². The molecule has 4 unspecified atom stereocenters. The third-order valence-electron chi connectivity index (χ3n) is 4.48. The van der Waals surface area contributed by atoms with Crippen LogP contribution in [0, 0.1) is 24.7 Å². The van der Waals surface area contributed by atoms with Crippen molar-refractivity contribution in [1.29, 1.82) is 0 Å². The predicted octanol–water partition coefficient (Wildman–Crippen LogP) is 3.53. The Morgan fingerprint density at radius 2 is 2.28 bits per heavy atom. The third-order valence-corrected chi connectivity index (χ3v) is 4.48. The Morgan fingerprint density at radius 3 is 2.83 bits per heavy atom. The van der Waals surface area contributed by atoms with Crippen LogP contribution in [-0.4, -0.2) is 12.5 Å². The van der Waals surface area contributed by atoms with Crippen LogP contribution in [0.3, 0.4) is 0 Å². The monoisotopic (exact) mass is 255 g/mol. The predicted molar refractivity (Wildman–Crippen MR) is 64.5 cm³/mol. The van der Waals surface area contributed by atoms with E-state index in [9.17, 15) is 8.78 Å². The summed E-state index contributed by atoms with van der Waals surface area (Å²) in [5.74, 6) is -0.610. The molecule has 0 spiro atoms. The van der Waals surface area contributed by atoms with Crippen LogP contribution in [0.1, 0.15) is 37.3 Å². The maximum atomic E-state index is 13.4. The van der Waals surface area contributed by atoms with Gasteiger partial charge in [0.25, 0.3) is 5.92 Å². The number of rotatable bonds is 4. The minimum atomic E-state index is -2.42. The Bertz CT molecular complexity index is 443. The van der Waals surface area contributed by atoms with Crippen LogP contribution >= 0.6 is 0 Å². The van der Waals surface area contributed by atoms with Crippen molar-refractivity contribution in [3.8, 4) is 0 Å². The molecule has 0 bridgehead atoms. The normalized spacial score (nSPS) is 34.3. The van der Waals surface area contributed by atoms with Crippen molar-refractivity contribution >= 4 is 0 Å². The number of nitrogens with one attached hydrogen (secondary N) is 1. The summed E-state index contributed by atoms with van der Waals surface area (Å²) in [4.78, 5) is 0. The fourth-order valence-corrected chi connectivity index (χ4v) is 3.37. The minimum Gasteiger partial charge on any atom is -0.465 e. The average molecular weight is 255 g/mol. The molecular weight excluding hydrogens is 236 g/mol. The van der Waals surface area contributed by atoms with Gasteiger partial charge in [0.2, 0.25) is 0 Å². The van der Waals surface area contributed by atoms with E-state index in [2.05, 4.69) is 5.32 Å². The molecule has 0 aromatic carbocycles. The molecular formula is C14H19F2NO. The zero-order valence-corrected chi connectivity index (χ0v) is 10.7. The Balaban J connectivity index is 1.52. The van der Waals surface area contributed by atoms with Crippen LogP contribution in [-0.2, 0) is 0 Å². The molecule has 4 heteroatoms. The summed E-state index contributed by atoms with van der Waals surface area (Å²) in [7, 11) is 0. The van der Waals surface area contributed by atoms with Crippen molar-refractivity contribution < 1.29 is 13.2 Å². The fraction of sp³-hybridized carbons (Fsp3) is 0.714. The topological polar surface area (TPSA) is 25.2 Å². The number of fused-ring (bicyclic) bond motifs is 1. The Morgan fingerprint density at radius 1 is 1.50 bits per heavy atom. The molecule has 0 amide bonds. The number of halogens is 2. The number of hydrogen-bond donors (Lipinski definition) is 1. The molecule has 2 aliphatic carbocycles. The van der Waals surface area contributed by atoms with Gasteiger partial charge in [-0.25, -0.2) is 8.78 Å². The van der Waals surface area contributed by atoms with E-state index >= 15 is 0 Å². The van der Waals surface area contributed by atoms with Gasteiger partial charge in [-0.1, -0.05) is 0 Å². The Kier molecular flexibility index (Phi) is 2.73. The van der Waals surface area contributed by atoms with Crippen molar-refractivity contribution in [3.05, 3.63) is 23.7 Å². The second kappa shape index (κ2) is 4.05. The Hall–Kier alpha value is -0.900. The second-order valence-corrected chi connectivity index (χ2v) is 5.73. The van der Waals surface area contributed by atoms with Gasteiger partial charge in [0.15, 0.2) is 0 Å². The van der Waals surface area contributed by atoms with Crippen molar-refractivity contribution in [2.24, 2.45) is 17.8 Å². The lowest BCUT2D eigenvalue weighted by Gasteiger charge is -2.15. The third kappa shape index (κ3) is 1.96. The van der Waals surface area contributed by atoms with E-state index in [1.54, 1.807) is 0 Å². The largest absolute Gasteiger partial charge is 0.465 e. The standard InChI is InChI=1S/C14H19F2NO/c1-8-3-4-12(18-8)9(2)17-7-11-10-5-6-14(15,16)13(10)11/h3-4,9-11,13,17H,5-7H2,1-2H3. The molecule has 2 saturated carbocycles. The SMILES string of the molecule is Cc1ccc(C(C)NCC2C3CCC(F)(F)C32)o1. The summed E-state index contributed by atoms with van der Waals surface area (Å²) in [5.41, 5.74) is 0. The smallest absolute Gasteiger partial charge is 0.251 e. The highest BCUT2D eigenvalue weighted by atomic mass is 19.3. The van der Waals surface area contributed by atoms with Gasteiger partial charge in [-0.05, 0) is 50.8 Å². The van der Waals surface area contributed by atoms with E-state index in [-0.39, 0.29) is 30.2 Å². The van der Waals surface area contributed by atoms with E-state index in [0.29, 0.717) is 13.0 Å². The van der Waals surface area contributed by atoms with Gasteiger partial charge in [-0.3, -0.25) is 0 Å². The molecule has 0 aliphatic heterocycles. The van der Waals surface area contributed by atoms with E-state index in [0.717, 1.165) is 11.5 Å². The molecule has 18 heavy (non-hydrogen) atoms. The Labute approximate surface area is 106 Å². The molecule has 1 N–H and O–H groups in total. The van der Waals surface area contributed by atoms with Crippen molar-refractivity contribution in [2.75, 3.05) is 6.54 Å². The molecule has 1 heterocycles. The molecule has 1 aromatic rings. The highest BCUT2D eigenvalue weighted by Gasteiger charge is 2.66. The first-order valence-corrected chi connectivity index (χ1v) is 6.66. The number of aryl methyl sites for hydroxylation is 1. The fourth-order valence-electron chi connectivity index (χ4n) is 3.37. The van der Waals surface area contributed by atoms with Gasteiger partial charge in [0, 0.05) is 12.3 Å². The van der Waals surface area contributed by atoms with Crippen molar-refractivity contribution in [3.63, 3.8) is 0 Å². The van der Waals surface area contributed by atoms with E-state index in [1.807, 2.05) is 26.0 Å². The van der Waals surface area contributed by atoms with E-state index < -0.39 is 5.92 Å². The van der Waals surface area contributed by atoms with Gasteiger partial charge in [-0.15, -0.1) is 0 Å². The summed E-state index contributed by atoms with van der Waals surface area (Å²) in [5, 5.41) is 3.31. The van der Waals surface area contributed by atoms with Crippen LogP contribution in [0.15, 0.2) is 16.5 Å². The second-order valence-electron chi connectivity index (χ2n) is 5.73. The zero-order chi connectivity index (χ0) is 12.9. The van der Waals surface area contributed by atoms with E-state index in [1.165, 1.54) is 0 Å². The lowest BCUT2D eigenvalue weighted by atomic mass is 10.1. The van der Waals surface area contributed by atoms with Crippen LogP contribution in [0.2, 0.25) is 0 Å². The van der Waals surface area contributed by atoms with Gasteiger partial charge in [0.05, 0.1) is 6.04 Å². The molecule has 0 radical (unpaired) electrons. The summed E-state index contributed by atoms with van der Waals surface area (Å²) in [6.45, 7) is 4.59. The molecule has 2 fully saturated rings. The first kappa shape index (κ1) is 12.2. The number of furan rings is 1. The van der Waals surface area contributed by atoms with Gasteiger partial charge < -0.3 is 9.73 Å². The molecule has 0 saturated heterocycles. The maximum absolute atomic E-state index is 13.4. The van der Waals surface area contributed by atoms with E-state index in [4.69, 9.17) is 4.42 Å². The highest BCUT2D eigenvalue weighted by Crippen LogP contribution is 2.64. The highest BCUT2D eigenvalue weighted by molar-refractivity contribution is 5.12. The number of hydrogen-bond acceptors (Lipinski definition) is 2. The number of alkyl halides is 2. The summed E-state index contributed by atoms with van der Waals surface area (Å²) < 4.78 is 32.4. The van der Waals surface area contributed by atoms with Gasteiger partial charge in [0.1, 0.15) is 11.5 Å².